The largest absolute Gasteiger partial charge is 0.496 e. The highest BCUT2D eigenvalue weighted by molar-refractivity contribution is 6.01. The van der Waals surface area contributed by atoms with Crippen LogP contribution in [0.5, 0.6) is 11.5 Å². The fraction of sp³-hybridized carbons (Fsp3) is 0.292. The lowest BCUT2D eigenvalue weighted by atomic mass is 9.89. The van der Waals surface area contributed by atoms with Crippen LogP contribution in [0, 0.1) is 6.92 Å². The fourth-order valence-corrected chi connectivity index (χ4v) is 3.89. The topological polar surface area (TPSA) is 47.6 Å². The highest BCUT2D eigenvalue weighted by atomic mass is 16.5. The number of hydrogen-bond acceptors (Lipinski definition) is 3. The van der Waals surface area contributed by atoms with E-state index in [1.807, 2.05) is 69.3 Å². The number of rotatable bonds is 3. The molecule has 4 nitrogen and oxygen atoms in total. The van der Waals surface area contributed by atoms with Gasteiger partial charge in [0.15, 0.2) is 0 Å². The van der Waals surface area contributed by atoms with E-state index in [0.717, 1.165) is 27.6 Å². The summed E-state index contributed by atoms with van der Waals surface area (Å²) in [5, 5.41) is 5.26. The highest BCUT2D eigenvalue weighted by Gasteiger charge is 2.35. The third-order valence-electron chi connectivity index (χ3n) is 5.24. The summed E-state index contributed by atoms with van der Waals surface area (Å²) in [5.74, 6) is 1.27. The van der Waals surface area contributed by atoms with Crippen molar-refractivity contribution in [3.63, 3.8) is 0 Å². The number of amides is 1. The zero-order valence-electron chi connectivity index (χ0n) is 16.7. The Morgan fingerprint density at radius 3 is 2.54 bits per heavy atom. The van der Waals surface area contributed by atoms with Gasteiger partial charge in [0.25, 0.3) is 5.91 Å². The Morgan fingerprint density at radius 2 is 1.82 bits per heavy atom. The summed E-state index contributed by atoms with van der Waals surface area (Å²) in [7, 11) is 1.59. The zero-order chi connectivity index (χ0) is 19.9. The second-order valence-corrected chi connectivity index (χ2v) is 8.03. The van der Waals surface area contributed by atoms with Gasteiger partial charge in [-0.1, -0.05) is 36.4 Å². The molecule has 0 saturated carbocycles. The number of ether oxygens (including phenoxy) is 2. The number of nitrogens with one attached hydrogen (secondary N) is 1. The first-order valence-electron chi connectivity index (χ1n) is 9.53. The molecule has 0 fully saturated rings. The number of aryl methyl sites for hydroxylation is 1. The molecule has 0 spiro atoms. The van der Waals surface area contributed by atoms with Crippen molar-refractivity contribution in [2.24, 2.45) is 0 Å². The van der Waals surface area contributed by atoms with Gasteiger partial charge in [0.05, 0.1) is 18.7 Å². The summed E-state index contributed by atoms with van der Waals surface area (Å²) in [6.07, 6.45) is 0.699. The molecule has 1 amide bonds. The Balaban J connectivity index is 1.70. The third-order valence-corrected chi connectivity index (χ3v) is 5.24. The van der Waals surface area contributed by atoms with Crippen LogP contribution < -0.4 is 14.8 Å². The van der Waals surface area contributed by atoms with Gasteiger partial charge in [-0.3, -0.25) is 4.79 Å². The van der Waals surface area contributed by atoms with E-state index >= 15 is 0 Å². The van der Waals surface area contributed by atoms with Gasteiger partial charge in [0.1, 0.15) is 17.1 Å². The summed E-state index contributed by atoms with van der Waals surface area (Å²) in [6.45, 7) is 6.14. The molecule has 4 rings (SSSR count). The Morgan fingerprint density at radius 1 is 1.11 bits per heavy atom. The molecule has 0 unspecified atom stereocenters. The first kappa shape index (κ1) is 18.4. The molecule has 0 aromatic heterocycles. The minimum Gasteiger partial charge on any atom is -0.496 e. The Kier molecular flexibility index (Phi) is 4.50. The quantitative estimate of drug-likeness (QED) is 0.685. The SMILES string of the molecule is COc1cc2ccccc2cc1C(=O)N[C@H]1CC(C)(C)Oc2cc(C)ccc21. The fourth-order valence-electron chi connectivity index (χ4n) is 3.89. The van der Waals surface area contributed by atoms with Gasteiger partial charge in [-0.05, 0) is 55.3 Å². The van der Waals surface area contributed by atoms with E-state index in [0.29, 0.717) is 17.7 Å². The maximum Gasteiger partial charge on any atom is 0.255 e. The van der Waals surface area contributed by atoms with E-state index < -0.39 is 0 Å². The number of carbonyl (C=O) groups excluding carboxylic acids is 1. The van der Waals surface area contributed by atoms with Crippen molar-refractivity contribution in [3.8, 4) is 11.5 Å². The van der Waals surface area contributed by atoms with Crippen molar-refractivity contribution in [1.82, 2.24) is 5.32 Å². The molecule has 3 aromatic carbocycles. The molecule has 1 atom stereocenters. The number of methoxy groups -OCH3 is 1. The maximum absolute atomic E-state index is 13.2. The smallest absolute Gasteiger partial charge is 0.255 e. The number of carbonyl (C=O) groups is 1. The molecule has 0 aliphatic carbocycles. The number of benzene rings is 3. The first-order valence-corrected chi connectivity index (χ1v) is 9.53. The van der Waals surface area contributed by atoms with Gasteiger partial charge in [-0.15, -0.1) is 0 Å². The van der Waals surface area contributed by atoms with Crippen LogP contribution in [0.1, 0.15) is 47.8 Å². The minimum absolute atomic E-state index is 0.122. The van der Waals surface area contributed by atoms with Crippen LogP contribution in [0.3, 0.4) is 0 Å². The minimum atomic E-state index is -0.355. The van der Waals surface area contributed by atoms with E-state index in [-0.39, 0.29) is 17.6 Å². The third kappa shape index (κ3) is 3.42. The Labute approximate surface area is 165 Å². The van der Waals surface area contributed by atoms with Crippen molar-refractivity contribution < 1.29 is 14.3 Å². The average molecular weight is 375 g/mol. The first-order chi connectivity index (χ1) is 13.4. The molecule has 1 aliphatic heterocycles. The Bertz CT molecular complexity index is 1050. The van der Waals surface area contributed by atoms with Gasteiger partial charge in [-0.2, -0.15) is 0 Å². The number of fused-ring (bicyclic) bond motifs is 2. The lowest BCUT2D eigenvalue weighted by Crippen LogP contribution is -2.41. The van der Waals surface area contributed by atoms with Crippen LogP contribution in [-0.4, -0.2) is 18.6 Å². The van der Waals surface area contributed by atoms with E-state index in [1.54, 1.807) is 7.11 Å². The van der Waals surface area contributed by atoms with Crippen LogP contribution in [-0.2, 0) is 0 Å². The lowest BCUT2D eigenvalue weighted by molar-refractivity contribution is 0.0618. The van der Waals surface area contributed by atoms with Crippen LogP contribution in [0.25, 0.3) is 10.8 Å². The van der Waals surface area contributed by atoms with Gasteiger partial charge >= 0.3 is 0 Å². The van der Waals surface area contributed by atoms with Crippen LogP contribution in [0.2, 0.25) is 0 Å². The molecule has 28 heavy (non-hydrogen) atoms. The maximum atomic E-state index is 13.2. The molecule has 1 N–H and O–H groups in total. The van der Waals surface area contributed by atoms with Crippen LogP contribution in [0.15, 0.2) is 54.6 Å². The second kappa shape index (κ2) is 6.86. The summed E-state index contributed by atoms with van der Waals surface area (Å²) < 4.78 is 11.6. The van der Waals surface area contributed by atoms with E-state index in [1.165, 1.54) is 0 Å². The molecule has 0 saturated heterocycles. The molecule has 3 aromatic rings. The van der Waals surface area contributed by atoms with Crippen molar-refractivity contribution in [2.75, 3.05) is 7.11 Å². The Hall–Kier alpha value is -3.01. The normalized spacial score (nSPS) is 17.5. The van der Waals surface area contributed by atoms with Crippen molar-refractivity contribution in [1.29, 1.82) is 0 Å². The van der Waals surface area contributed by atoms with Crippen molar-refractivity contribution in [3.05, 3.63) is 71.3 Å². The van der Waals surface area contributed by atoms with E-state index in [9.17, 15) is 4.79 Å². The molecular formula is C24H25NO3. The molecule has 144 valence electrons. The lowest BCUT2D eigenvalue weighted by Gasteiger charge is -2.38. The molecule has 1 heterocycles. The molecule has 0 bridgehead atoms. The summed E-state index contributed by atoms with van der Waals surface area (Å²) >= 11 is 0. The van der Waals surface area contributed by atoms with Crippen molar-refractivity contribution in [2.45, 2.75) is 38.8 Å². The monoisotopic (exact) mass is 375 g/mol. The predicted octanol–water partition coefficient (Wildman–Crippen LogP) is 5.19. The standard InChI is InChI=1S/C24H25NO3/c1-15-9-10-18-20(14-24(2,3)28-22(18)11-15)25-23(26)19-12-16-7-5-6-8-17(16)13-21(19)27-4/h5-13,20H,14H2,1-4H3,(H,25,26)/t20-/m0/s1. The highest BCUT2D eigenvalue weighted by Crippen LogP contribution is 2.40. The second-order valence-electron chi connectivity index (χ2n) is 8.03. The van der Waals surface area contributed by atoms with Crippen LogP contribution >= 0.6 is 0 Å². The summed E-state index contributed by atoms with van der Waals surface area (Å²) in [6, 6.07) is 17.8. The van der Waals surface area contributed by atoms with Crippen molar-refractivity contribution >= 4 is 16.7 Å². The van der Waals surface area contributed by atoms with Gasteiger partial charge in [0.2, 0.25) is 0 Å². The van der Waals surface area contributed by atoms with Crippen LogP contribution in [0.4, 0.5) is 0 Å². The molecule has 0 radical (unpaired) electrons. The molecule has 4 heteroatoms. The van der Waals surface area contributed by atoms with Gasteiger partial charge in [0, 0.05) is 12.0 Å². The van der Waals surface area contributed by atoms with Gasteiger partial charge < -0.3 is 14.8 Å². The summed E-state index contributed by atoms with van der Waals surface area (Å²) in [5.41, 5.74) is 2.33. The van der Waals surface area contributed by atoms with E-state index in [4.69, 9.17) is 9.47 Å². The molecule has 1 aliphatic rings. The average Bonchev–Trinajstić information content (AvgIpc) is 2.65. The summed E-state index contributed by atoms with van der Waals surface area (Å²) in [4.78, 5) is 13.2. The predicted molar refractivity (Wildman–Crippen MR) is 111 cm³/mol. The zero-order valence-corrected chi connectivity index (χ0v) is 16.7. The molecular weight excluding hydrogens is 350 g/mol. The van der Waals surface area contributed by atoms with Gasteiger partial charge in [-0.25, -0.2) is 0 Å². The number of hydrogen-bond donors (Lipinski definition) is 1. The van der Waals surface area contributed by atoms with E-state index in [2.05, 4.69) is 11.4 Å².